The van der Waals surface area contributed by atoms with Crippen LogP contribution in [0.1, 0.15) is 18.1 Å². The van der Waals surface area contributed by atoms with Crippen molar-refractivity contribution >= 4 is 66.8 Å². The lowest BCUT2D eigenvalue weighted by Crippen LogP contribution is -2.42. The molecule has 2 aromatic carbocycles. The van der Waals surface area contributed by atoms with Gasteiger partial charge in [0.05, 0.1) is 12.0 Å². The van der Waals surface area contributed by atoms with Gasteiger partial charge in [-0.2, -0.15) is 0 Å². The third-order valence-electron chi connectivity index (χ3n) is 4.32. The SMILES string of the molecule is COC(=O)[C@@H](C)N1C(=O)S/C(=C/c2cc(Br)ccc2OCc2ccc(Br)cc2)C1=O. The topological polar surface area (TPSA) is 72.9 Å². The highest BCUT2D eigenvalue weighted by Gasteiger charge is 2.41. The van der Waals surface area contributed by atoms with Crippen molar-refractivity contribution in [2.45, 2.75) is 19.6 Å². The van der Waals surface area contributed by atoms with Gasteiger partial charge in [0.25, 0.3) is 11.1 Å². The summed E-state index contributed by atoms with van der Waals surface area (Å²) in [5.74, 6) is -0.629. The van der Waals surface area contributed by atoms with E-state index in [9.17, 15) is 14.4 Å². The molecule has 30 heavy (non-hydrogen) atoms. The molecule has 0 aromatic heterocycles. The number of imide groups is 1. The van der Waals surface area contributed by atoms with E-state index in [0.717, 1.165) is 31.2 Å². The van der Waals surface area contributed by atoms with Crippen LogP contribution in [0, 0.1) is 0 Å². The molecule has 0 aliphatic carbocycles. The third kappa shape index (κ3) is 5.14. The Balaban J connectivity index is 1.85. The summed E-state index contributed by atoms with van der Waals surface area (Å²) in [7, 11) is 1.21. The molecular weight excluding hydrogens is 538 g/mol. The molecule has 1 fully saturated rings. The number of thioether (sulfide) groups is 1. The maximum Gasteiger partial charge on any atom is 0.328 e. The number of methoxy groups -OCH3 is 1. The number of carbonyl (C=O) groups excluding carboxylic acids is 3. The second-order valence-corrected chi connectivity index (χ2v) is 9.17. The smallest absolute Gasteiger partial charge is 0.328 e. The maximum atomic E-state index is 12.7. The first-order valence-electron chi connectivity index (χ1n) is 8.82. The van der Waals surface area contributed by atoms with E-state index in [1.54, 1.807) is 18.2 Å². The first-order chi connectivity index (χ1) is 14.3. The van der Waals surface area contributed by atoms with Crippen LogP contribution in [-0.2, 0) is 20.9 Å². The van der Waals surface area contributed by atoms with E-state index in [1.807, 2.05) is 30.3 Å². The maximum absolute atomic E-state index is 12.7. The number of benzene rings is 2. The molecule has 1 saturated heterocycles. The zero-order valence-electron chi connectivity index (χ0n) is 16.1. The van der Waals surface area contributed by atoms with Gasteiger partial charge in [0.2, 0.25) is 0 Å². The van der Waals surface area contributed by atoms with Crippen LogP contribution in [0.2, 0.25) is 0 Å². The molecule has 1 aliphatic rings. The van der Waals surface area contributed by atoms with Crippen molar-refractivity contribution in [3.8, 4) is 5.75 Å². The Morgan fingerprint density at radius 2 is 1.80 bits per heavy atom. The summed E-state index contributed by atoms with van der Waals surface area (Å²) in [6.07, 6.45) is 1.59. The van der Waals surface area contributed by atoms with Crippen molar-refractivity contribution in [2.24, 2.45) is 0 Å². The lowest BCUT2D eigenvalue weighted by molar-refractivity contribution is -0.148. The van der Waals surface area contributed by atoms with Crippen LogP contribution < -0.4 is 4.74 Å². The van der Waals surface area contributed by atoms with Crippen LogP contribution in [0.25, 0.3) is 6.08 Å². The molecule has 0 radical (unpaired) electrons. The number of rotatable bonds is 6. The Morgan fingerprint density at radius 1 is 1.13 bits per heavy atom. The van der Waals surface area contributed by atoms with Crippen molar-refractivity contribution in [2.75, 3.05) is 7.11 Å². The number of hydrogen-bond donors (Lipinski definition) is 0. The number of nitrogens with zero attached hydrogens (tertiary/aromatic N) is 1. The van der Waals surface area contributed by atoms with Crippen LogP contribution in [0.3, 0.4) is 0 Å². The standard InChI is InChI=1S/C21H17Br2NO5S/c1-12(20(26)28-2)24-19(25)18(30-21(24)27)10-14-9-16(23)7-8-17(14)29-11-13-3-5-15(22)6-4-13/h3-10,12H,11H2,1-2H3/b18-10+/t12-/m1/s1. The first kappa shape index (κ1) is 22.6. The van der Waals surface area contributed by atoms with Crippen LogP contribution in [0.15, 0.2) is 56.3 Å². The molecule has 0 unspecified atom stereocenters. The van der Waals surface area contributed by atoms with E-state index in [4.69, 9.17) is 4.74 Å². The average molecular weight is 555 g/mol. The van der Waals surface area contributed by atoms with Gasteiger partial charge in [0.15, 0.2) is 0 Å². The largest absolute Gasteiger partial charge is 0.488 e. The van der Waals surface area contributed by atoms with Crippen molar-refractivity contribution < 1.29 is 23.9 Å². The fraction of sp³-hybridized carbons (Fsp3) is 0.190. The van der Waals surface area contributed by atoms with E-state index in [2.05, 4.69) is 36.6 Å². The zero-order valence-corrected chi connectivity index (χ0v) is 20.0. The van der Waals surface area contributed by atoms with Crippen LogP contribution in [0.5, 0.6) is 5.75 Å². The predicted molar refractivity (Wildman–Crippen MR) is 122 cm³/mol. The van der Waals surface area contributed by atoms with Gasteiger partial charge in [0.1, 0.15) is 18.4 Å². The number of halogens is 2. The molecule has 6 nitrogen and oxygen atoms in total. The minimum atomic E-state index is -0.996. The average Bonchev–Trinajstić information content (AvgIpc) is 3.00. The molecule has 0 saturated carbocycles. The van der Waals surface area contributed by atoms with E-state index in [0.29, 0.717) is 17.9 Å². The van der Waals surface area contributed by atoms with Gasteiger partial charge in [-0.05, 0) is 60.7 Å². The molecule has 0 spiro atoms. The highest BCUT2D eigenvalue weighted by atomic mass is 79.9. The molecule has 3 rings (SSSR count). The number of esters is 1. The van der Waals surface area contributed by atoms with Crippen molar-refractivity contribution in [3.63, 3.8) is 0 Å². The minimum absolute atomic E-state index is 0.211. The van der Waals surface area contributed by atoms with E-state index in [1.165, 1.54) is 14.0 Å². The molecule has 0 bridgehead atoms. The van der Waals surface area contributed by atoms with Crippen LogP contribution in [0.4, 0.5) is 4.79 Å². The second kappa shape index (κ2) is 9.80. The zero-order chi connectivity index (χ0) is 21.8. The summed E-state index contributed by atoms with van der Waals surface area (Å²) in [4.78, 5) is 37.9. The summed E-state index contributed by atoms with van der Waals surface area (Å²) >= 11 is 7.60. The van der Waals surface area contributed by atoms with Crippen molar-refractivity contribution in [1.29, 1.82) is 0 Å². The third-order valence-corrected chi connectivity index (χ3v) is 6.22. The molecule has 1 atom stereocenters. The van der Waals surface area contributed by atoms with Gasteiger partial charge in [-0.15, -0.1) is 0 Å². The van der Waals surface area contributed by atoms with E-state index < -0.39 is 23.2 Å². The molecule has 0 N–H and O–H groups in total. The number of ether oxygens (including phenoxy) is 2. The molecule has 2 aromatic rings. The van der Waals surface area contributed by atoms with Gasteiger partial charge in [-0.25, -0.2) is 4.79 Å². The molecule has 156 valence electrons. The fourth-order valence-corrected chi connectivity index (χ4v) is 4.28. The van der Waals surface area contributed by atoms with Gasteiger partial charge >= 0.3 is 5.97 Å². The number of hydrogen-bond acceptors (Lipinski definition) is 6. The van der Waals surface area contributed by atoms with Gasteiger partial charge in [-0.3, -0.25) is 14.5 Å². The highest BCUT2D eigenvalue weighted by Crippen LogP contribution is 2.36. The quantitative estimate of drug-likeness (QED) is 0.352. The van der Waals surface area contributed by atoms with Gasteiger partial charge in [-0.1, -0.05) is 44.0 Å². The molecular formula is C21H17Br2NO5S. The van der Waals surface area contributed by atoms with Crippen LogP contribution >= 0.6 is 43.6 Å². The summed E-state index contributed by atoms with van der Waals surface area (Å²) in [6.45, 7) is 1.80. The fourth-order valence-electron chi connectivity index (χ4n) is 2.74. The Morgan fingerprint density at radius 3 is 2.47 bits per heavy atom. The van der Waals surface area contributed by atoms with Crippen molar-refractivity contribution in [3.05, 3.63) is 67.4 Å². The monoisotopic (exact) mass is 553 g/mol. The Kier molecular flexibility index (Phi) is 7.38. The van der Waals surface area contributed by atoms with Crippen LogP contribution in [-0.4, -0.2) is 35.2 Å². The highest BCUT2D eigenvalue weighted by molar-refractivity contribution is 9.10. The predicted octanol–water partition coefficient (Wildman–Crippen LogP) is 5.39. The Labute approximate surface area is 194 Å². The Bertz CT molecular complexity index is 1020. The van der Waals surface area contributed by atoms with Gasteiger partial charge < -0.3 is 9.47 Å². The second-order valence-electron chi connectivity index (χ2n) is 6.35. The van der Waals surface area contributed by atoms with Gasteiger partial charge in [0, 0.05) is 14.5 Å². The lowest BCUT2D eigenvalue weighted by atomic mass is 10.1. The number of amides is 2. The van der Waals surface area contributed by atoms with E-state index >= 15 is 0 Å². The summed E-state index contributed by atoms with van der Waals surface area (Å²) in [5.41, 5.74) is 1.62. The summed E-state index contributed by atoms with van der Waals surface area (Å²) < 4.78 is 12.4. The normalized spacial score (nSPS) is 16.1. The molecule has 2 amide bonds. The minimum Gasteiger partial charge on any atom is -0.488 e. The first-order valence-corrected chi connectivity index (χ1v) is 11.2. The Hall–Kier alpha value is -2.10. The summed E-state index contributed by atoms with van der Waals surface area (Å²) in [6, 6.07) is 12.2. The molecule has 9 heteroatoms. The summed E-state index contributed by atoms with van der Waals surface area (Å²) in [5, 5.41) is -0.517. The van der Waals surface area contributed by atoms with E-state index in [-0.39, 0.29) is 4.91 Å². The molecule has 1 heterocycles. The number of carbonyl (C=O) groups is 3. The lowest BCUT2D eigenvalue weighted by Gasteiger charge is -2.18. The van der Waals surface area contributed by atoms with Crippen molar-refractivity contribution in [1.82, 2.24) is 4.90 Å². The molecule has 1 aliphatic heterocycles.